The highest BCUT2D eigenvalue weighted by Gasteiger charge is 2.28. The highest BCUT2D eigenvalue weighted by atomic mass is 35.5. The molecule has 2 aliphatic heterocycles. The molecule has 3 heterocycles. The summed E-state index contributed by atoms with van der Waals surface area (Å²) in [6, 6.07) is 13.7. The van der Waals surface area contributed by atoms with Crippen LogP contribution in [0.15, 0.2) is 61.0 Å². The first kappa shape index (κ1) is 24.9. The third-order valence-electron chi connectivity index (χ3n) is 6.60. The summed E-state index contributed by atoms with van der Waals surface area (Å²) >= 11 is 6.39. The van der Waals surface area contributed by atoms with Gasteiger partial charge < -0.3 is 30.1 Å². The molecule has 9 nitrogen and oxygen atoms in total. The van der Waals surface area contributed by atoms with Gasteiger partial charge in [0.25, 0.3) is 5.91 Å². The second-order valence-electron chi connectivity index (χ2n) is 8.87. The van der Waals surface area contributed by atoms with Crippen molar-refractivity contribution in [2.45, 2.75) is 13.8 Å². The van der Waals surface area contributed by atoms with Crippen molar-refractivity contribution in [1.29, 1.82) is 0 Å². The molecule has 1 fully saturated rings. The van der Waals surface area contributed by atoms with E-state index in [1.54, 1.807) is 17.2 Å². The molecule has 2 aromatic carbocycles. The zero-order valence-electron chi connectivity index (χ0n) is 21.0. The molecular weight excluding hydrogens is 490 g/mol. The number of amides is 1. The summed E-state index contributed by atoms with van der Waals surface area (Å²) in [4.78, 5) is 27.8. The van der Waals surface area contributed by atoms with Crippen LogP contribution in [0.25, 0.3) is 0 Å². The van der Waals surface area contributed by atoms with Crippen LogP contribution in [-0.2, 0) is 4.79 Å². The highest BCUT2D eigenvalue weighted by Crippen LogP contribution is 2.38. The first-order chi connectivity index (χ1) is 17.9. The molecule has 0 aliphatic carbocycles. The summed E-state index contributed by atoms with van der Waals surface area (Å²) in [5.74, 6) is 1.28. The minimum atomic E-state index is -0.257. The van der Waals surface area contributed by atoms with Crippen molar-refractivity contribution in [2.24, 2.45) is 0 Å². The Bertz CT molecular complexity index is 1310. The number of nitrogens with zero attached hydrogens (tertiary/aromatic N) is 5. The first-order valence-electron chi connectivity index (χ1n) is 12.4. The molecule has 5 rings (SSSR count). The number of ether oxygens (including phenoxy) is 1. The maximum Gasteiger partial charge on any atom is 0.293 e. The lowest BCUT2D eigenvalue weighted by atomic mass is 10.2. The maximum atomic E-state index is 12.4. The molecule has 192 valence electrons. The number of halogens is 1. The van der Waals surface area contributed by atoms with Crippen LogP contribution in [0.5, 0.6) is 5.75 Å². The van der Waals surface area contributed by atoms with Gasteiger partial charge in [0.2, 0.25) is 5.95 Å². The maximum absolute atomic E-state index is 12.4. The Morgan fingerprint density at radius 2 is 1.73 bits per heavy atom. The third-order valence-corrected chi connectivity index (χ3v) is 6.87. The monoisotopic (exact) mass is 519 g/mol. The van der Waals surface area contributed by atoms with Crippen molar-refractivity contribution < 1.29 is 9.53 Å². The Balaban J connectivity index is 1.29. The van der Waals surface area contributed by atoms with Gasteiger partial charge in [-0.1, -0.05) is 25.1 Å². The van der Waals surface area contributed by atoms with E-state index < -0.39 is 0 Å². The molecule has 2 N–H and O–H groups in total. The van der Waals surface area contributed by atoms with Crippen LogP contribution in [0, 0.1) is 0 Å². The summed E-state index contributed by atoms with van der Waals surface area (Å²) < 4.78 is 5.57. The normalized spacial score (nSPS) is 15.9. The minimum Gasteiger partial charge on any atom is -0.450 e. The fourth-order valence-electron chi connectivity index (χ4n) is 4.50. The fraction of sp³-hybridized carbons (Fsp3) is 0.296. The molecule has 1 aromatic heterocycles. The van der Waals surface area contributed by atoms with Gasteiger partial charge in [-0.3, -0.25) is 4.79 Å². The average Bonchev–Trinajstić information content (AvgIpc) is 2.92. The number of piperazine rings is 1. The lowest BCUT2D eigenvalue weighted by Gasteiger charge is -2.35. The topological polar surface area (TPSA) is 85.9 Å². The minimum absolute atomic E-state index is 0.108. The fourth-order valence-corrected chi connectivity index (χ4v) is 4.64. The van der Waals surface area contributed by atoms with E-state index >= 15 is 0 Å². The molecule has 0 bridgehead atoms. The number of benzene rings is 2. The molecule has 37 heavy (non-hydrogen) atoms. The van der Waals surface area contributed by atoms with Crippen molar-refractivity contribution in [3.05, 3.63) is 66.0 Å². The Morgan fingerprint density at radius 3 is 2.43 bits per heavy atom. The Kier molecular flexibility index (Phi) is 7.16. The zero-order valence-corrected chi connectivity index (χ0v) is 21.8. The Morgan fingerprint density at radius 1 is 1.00 bits per heavy atom. The van der Waals surface area contributed by atoms with E-state index in [1.807, 2.05) is 31.2 Å². The molecule has 3 aromatic rings. The van der Waals surface area contributed by atoms with Gasteiger partial charge in [0.15, 0.2) is 17.3 Å². The molecule has 10 heteroatoms. The summed E-state index contributed by atoms with van der Waals surface area (Å²) in [5, 5.41) is 6.85. The number of hydrogen-bond acceptors (Lipinski definition) is 8. The number of carbonyl (C=O) groups excluding carboxylic acids is 1. The summed E-state index contributed by atoms with van der Waals surface area (Å²) in [5.41, 5.74) is 3.46. The van der Waals surface area contributed by atoms with Gasteiger partial charge in [0.1, 0.15) is 5.02 Å². The molecule has 0 unspecified atom stereocenters. The number of anilines is 6. The van der Waals surface area contributed by atoms with E-state index in [2.05, 4.69) is 56.0 Å². The first-order valence-corrected chi connectivity index (χ1v) is 12.8. The van der Waals surface area contributed by atoms with Crippen molar-refractivity contribution >= 4 is 52.0 Å². The van der Waals surface area contributed by atoms with Gasteiger partial charge in [0, 0.05) is 49.8 Å². The second kappa shape index (κ2) is 10.7. The molecule has 0 radical (unpaired) electrons. The smallest absolute Gasteiger partial charge is 0.293 e. The summed E-state index contributed by atoms with van der Waals surface area (Å²) in [6.45, 7) is 13.6. The second-order valence-corrected chi connectivity index (χ2v) is 9.27. The molecule has 0 atom stereocenters. The third kappa shape index (κ3) is 5.33. The average molecular weight is 520 g/mol. The van der Waals surface area contributed by atoms with Crippen molar-refractivity contribution in [3.63, 3.8) is 0 Å². The SMILES string of the molecule is C=C1Oc2ccc(Nc3nc(Nc4ccc(N5CCN(CC)CC5)cc4)ncc3Cl)cc2N(CC)C1=O. The van der Waals surface area contributed by atoms with E-state index in [1.165, 1.54) is 5.69 Å². The van der Waals surface area contributed by atoms with Gasteiger partial charge in [-0.25, -0.2) is 4.98 Å². The van der Waals surface area contributed by atoms with E-state index in [0.29, 0.717) is 40.5 Å². The summed E-state index contributed by atoms with van der Waals surface area (Å²) in [7, 11) is 0. The van der Waals surface area contributed by atoms with Crippen molar-refractivity contribution in [1.82, 2.24) is 14.9 Å². The van der Waals surface area contributed by atoms with Gasteiger partial charge in [0.05, 0.1) is 11.9 Å². The number of fused-ring (bicyclic) bond motifs is 1. The Labute approximate surface area is 221 Å². The van der Waals surface area contributed by atoms with E-state index in [4.69, 9.17) is 16.3 Å². The van der Waals surface area contributed by atoms with Crippen LogP contribution < -0.4 is 25.2 Å². The van der Waals surface area contributed by atoms with Crippen LogP contribution in [-0.4, -0.2) is 60.0 Å². The van der Waals surface area contributed by atoms with Crippen LogP contribution in [0.4, 0.5) is 34.5 Å². The van der Waals surface area contributed by atoms with Crippen LogP contribution in [0.1, 0.15) is 13.8 Å². The predicted molar refractivity (Wildman–Crippen MR) is 149 cm³/mol. The lowest BCUT2D eigenvalue weighted by molar-refractivity contribution is -0.117. The van der Waals surface area contributed by atoms with Crippen LogP contribution in [0.3, 0.4) is 0 Å². The van der Waals surface area contributed by atoms with E-state index in [9.17, 15) is 4.79 Å². The number of likely N-dealkylation sites (N-methyl/N-ethyl adjacent to an activating group) is 2. The summed E-state index contributed by atoms with van der Waals surface area (Å²) in [6.07, 6.45) is 1.55. The molecule has 0 spiro atoms. The quantitative estimate of drug-likeness (QED) is 0.421. The van der Waals surface area contributed by atoms with Crippen molar-refractivity contribution in [2.75, 3.05) is 59.7 Å². The number of rotatable bonds is 7. The molecule has 2 aliphatic rings. The van der Waals surface area contributed by atoms with Crippen LogP contribution >= 0.6 is 11.6 Å². The lowest BCUT2D eigenvalue weighted by Crippen LogP contribution is -2.46. The predicted octanol–water partition coefficient (Wildman–Crippen LogP) is 5.02. The standard InChI is InChI=1S/C27H30ClN7O2/c1-4-33-12-14-34(15-13-33)21-9-6-19(7-10-21)31-27-29-17-22(28)25(32-27)30-20-8-11-24-23(16-20)35(5-2)26(36)18(3)37-24/h6-11,16-17H,3-5,12-15H2,1-2H3,(H2,29,30,31,32). The largest absolute Gasteiger partial charge is 0.450 e. The van der Waals surface area contributed by atoms with E-state index in [0.717, 1.165) is 38.4 Å². The molecule has 1 amide bonds. The van der Waals surface area contributed by atoms with Gasteiger partial charge >= 0.3 is 0 Å². The zero-order chi connectivity index (χ0) is 25.9. The molecule has 0 saturated carbocycles. The number of aromatic nitrogens is 2. The van der Waals surface area contributed by atoms with Gasteiger partial charge in [-0.2, -0.15) is 4.98 Å². The molecule has 1 saturated heterocycles. The van der Waals surface area contributed by atoms with Crippen LogP contribution in [0.2, 0.25) is 5.02 Å². The molecular formula is C27H30ClN7O2. The highest BCUT2D eigenvalue weighted by molar-refractivity contribution is 6.32. The van der Waals surface area contributed by atoms with Crippen molar-refractivity contribution in [3.8, 4) is 5.75 Å². The number of carbonyl (C=O) groups is 1. The Hall–Kier alpha value is -3.82. The number of hydrogen-bond donors (Lipinski definition) is 2. The van der Waals surface area contributed by atoms with E-state index in [-0.39, 0.29) is 11.7 Å². The number of nitrogens with one attached hydrogen (secondary N) is 2. The van der Waals surface area contributed by atoms with Gasteiger partial charge in [-0.05, 0) is 55.9 Å². The van der Waals surface area contributed by atoms with Gasteiger partial charge in [-0.15, -0.1) is 0 Å².